The average Bonchev–Trinajstić information content (AvgIpc) is 2.57. The summed E-state index contributed by atoms with van der Waals surface area (Å²) < 4.78 is 10.1. The fraction of sp³-hybridized carbons (Fsp3) is 0.176. The number of para-hydroxylation sites is 1. The van der Waals surface area contributed by atoms with Crippen LogP contribution < -0.4 is 14.9 Å². The first-order chi connectivity index (χ1) is 11.1. The van der Waals surface area contributed by atoms with E-state index in [1.807, 2.05) is 12.1 Å². The highest BCUT2D eigenvalue weighted by atomic mass is 16.5. The number of hydrogen-bond acceptors (Lipinski definition) is 5. The first kappa shape index (κ1) is 16.4. The molecule has 0 heterocycles. The van der Waals surface area contributed by atoms with Crippen molar-refractivity contribution >= 4 is 12.1 Å². The summed E-state index contributed by atoms with van der Waals surface area (Å²) in [7, 11) is 3.05. The van der Waals surface area contributed by atoms with E-state index in [4.69, 9.17) is 9.47 Å². The number of amides is 1. The number of phenolic OH excluding ortho intramolecular Hbond substituents is 1. The van der Waals surface area contributed by atoms with Crippen LogP contribution in [-0.4, -0.2) is 31.4 Å². The molecule has 0 unspecified atom stereocenters. The molecule has 2 aromatic carbocycles. The van der Waals surface area contributed by atoms with Crippen molar-refractivity contribution in [3.05, 3.63) is 53.6 Å². The van der Waals surface area contributed by atoms with Crippen LogP contribution in [0.2, 0.25) is 0 Å². The van der Waals surface area contributed by atoms with E-state index in [9.17, 15) is 9.90 Å². The Morgan fingerprint density at radius 3 is 2.57 bits per heavy atom. The zero-order valence-electron chi connectivity index (χ0n) is 12.9. The highest BCUT2D eigenvalue weighted by Gasteiger charge is 2.05. The lowest BCUT2D eigenvalue weighted by Crippen LogP contribution is -2.19. The molecule has 2 rings (SSSR count). The van der Waals surface area contributed by atoms with Crippen LogP contribution in [0.4, 0.5) is 0 Å². The number of hydrogen-bond donors (Lipinski definition) is 2. The Morgan fingerprint density at radius 2 is 1.91 bits per heavy atom. The molecule has 0 aliphatic rings. The van der Waals surface area contributed by atoms with Gasteiger partial charge in [-0.25, -0.2) is 5.43 Å². The van der Waals surface area contributed by atoms with Crippen molar-refractivity contribution in [2.45, 2.75) is 6.42 Å². The van der Waals surface area contributed by atoms with Gasteiger partial charge in [-0.3, -0.25) is 4.79 Å². The maximum atomic E-state index is 11.8. The molecule has 6 heteroatoms. The molecule has 0 atom stereocenters. The van der Waals surface area contributed by atoms with Gasteiger partial charge < -0.3 is 14.6 Å². The summed E-state index contributed by atoms with van der Waals surface area (Å²) >= 11 is 0. The van der Waals surface area contributed by atoms with Gasteiger partial charge in [0.1, 0.15) is 5.75 Å². The largest absolute Gasteiger partial charge is 0.504 e. The van der Waals surface area contributed by atoms with E-state index in [1.54, 1.807) is 37.4 Å². The minimum absolute atomic E-state index is 0.0249. The standard InChI is InChI=1S/C17H18N2O4/c1-22-14-8-6-12(7-9-14)10-16(20)19-18-11-13-4-3-5-15(23-2)17(13)21/h3-9,11,21H,10H2,1-2H3,(H,19,20). The molecule has 0 fully saturated rings. The number of nitrogens with one attached hydrogen (secondary N) is 1. The molecule has 0 aromatic heterocycles. The molecule has 6 nitrogen and oxygen atoms in total. The monoisotopic (exact) mass is 314 g/mol. The smallest absolute Gasteiger partial charge is 0.244 e. The van der Waals surface area contributed by atoms with Crippen molar-refractivity contribution in [1.82, 2.24) is 5.43 Å². The fourth-order valence-corrected chi connectivity index (χ4v) is 1.95. The highest BCUT2D eigenvalue weighted by molar-refractivity contribution is 5.86. The molecular formula is C17H18N2O4. The van der Waals surface area contributed by atoms with Gasteiger partial charge in [-0.2, -0.15) is 5.10 Å². The summed E-state index contributed by atoms with van der Waals surface area (Å²) in [6.07, 6.45) is 1.56. The van der Waals surface area contributed by atoms with Gasteiger partial charge in [-0.15, -0.1) is 0 Å². The summed E-state index contributed by atoms with van der Waals surface area (Å²) in [5.41, 5.74) is 3.72. The Labute approximate surface area is 134 Å². The molecule has 0 aliphatic carbocycles. The minimum Gasteiger partial charge on any atom is -0.504 e. The molecule has 0 spiro atoms. The average molecular weight is 314 g/mol. The van der Waals surface area contributed by atoms with Gasteiger partial charge >= 0.3 is 0 Å². The van der Waals surface area contributed by atoms with Gasteiger partial charge in [0.25, 0.3) is 0 Å². The quantitative estimate of drug-likeness (QED) is 0.632. The number of benzene rings is 2. The molecule has 2 N–H and O–H groups in total. The molecule has 23 heavy (non-hydrogen) atoms. The lowest BCUT2D eigenvalue weighted by atomic mass is 10.1. The van der Waals surface area contributed by atoms with Gasteiger partial charge in [0, 0.05) is 5.56 Å². The van der Waals surface area contributed by atoms with Crippen LogP contribution in [0, 0.1) is 0 Å². The number of rotatable bonds is 6. The van der Waals surface area contributed by atoms with Crippen LogP contribution in [0.25, 0.3) is 0 Å². The summed E-state index contributed by atoms with van der Waals surface area (Å²) in [6.45, 7) is 0. The molecule has 0 saturated carbocycles. The SMILES string of the molecule is COc1ccc(CC(=O)NN=Cc2cccc(OC)c2O)cc1. The summed E-state index contributed by atoms with van der Waals surface area (Å²) in [6, 6.07) is 12.2. The zero-order valence-corrected chi connectivity index (χ0v) is 12.9. The van der Waals surface area contributed by atoms with Crippen molar-refractivity contribution in [3.63, 3.8) is 0 Å². The Balaban J connectivity index is 1.93. The van der Waals surface area contributed by atoms with Gasteiger partial charge in [-0.05, 0) is 29.8 Å². The first-order valence-electron chi connectivity index (χ1n) is 6.95. The minimum atomic E-state index is -0.256. The van der Waals surface area contributed by atoms with Crippen LogP contribution in [0.3, 0.4) is 0 Å². The van der Waals surface area contributed by atoms with E-state index in [-0.39, 0.29) is 18.1 Å². The highest BCUT2D eigenvalue weighted by Crippen LogP contribution is 2.27. The lowest BCUT2D eigenvalue weighted by Gasteiger charge is -2.05. The fourth-order valence-electron chi connectivity index (χ4n) is 1.95. The maximum absolute atomic E-state index is 11.8. The molecule has 120 valence electrons. The third-order valence-electron chi connectivity index (χ3n) is 3.17. The Kier molecular flexibility index (Phi) is 5.57. The Bertz CT molecular complexity index is 696. The van der Waals surface area contributed by atoms with E-state index >= 15 is 0 Å². The normalized spacial score (nSPS) is 10.5. The second kappa shape index (κ2) is 7.84. The number of hydrazone groups is 1. The summed E-state index contributed by atoms with van der Waals surface area (Å²) in [5.74, 6) is 0.802. The van der Waals surface area contributed by atoms with Crippen molar-refractivity contribution in [2.75, 3.05) is 14.2 Å². The number of aromatic hydroxyl groups is 1. The molecular weight excluding hydrogens is 296 g/mol. The van der Waals surface area contributed by atoms with E-state index in [0.29, 0.717) is 11.3 Å². The summed E-state index contributed by atoms with van der Waals surface area (Å²) in [5, 5.41) is 13.7. The molecule has 0 radical (unpaired) electrons. The topological polar surface area (TPSA) is 80.2 Å². The van der Waals surface area contributed by atoms with Gasteiger partial charge in [-0.1, -0.05) is 18.2 Å². The third kappa shape index (κ3) is 4.47. The van der Waals surface area contributed by atoms with Gasteiger partial charge in [0.15, 0.2) is 11.5 Å². The van der Waals surface area contributed by atoms with Gasteiger partial charge in [0.05, 0.1) is 26.9 Å². The number of carbonyl (C=O) groups is 1. The third-order valence-corrected chi connectivity index (χ3v) is 3.17. The Morgan fingerprint density at radius 1 is 1.17 bits per heavy atom. The van der Waals surface area contributed by atoms with Crippen molar-refractivity contribution in [1.29, 1.82) is 0 Å². The number of carbonyl (C=O) groups excluding carboxylic acids is 1. The predicted molar refractivity (Wildman–Crippen MR) is 87.1 cm³/mol. The number of phenols is 1. The van der Waals surface area contributed by atoms with Crippen LogP contribution in [0.1, 0.15) is 11.1 Å². The zero-order chi connectivity index (χ0) is 16.7. The molecule has 0 bridgehead atoms. The van der Waals surface area contributed by atoms with Crippen LogP contribution in [0.5, 0.6) is 17.2 Å². The molecule has 1 amide bonds. The van der Waals surface area contributed by atoms with Gasteiger partial charge in [0.2, 0.25) is 5.91 Å². The van der Waals surface area contributed by atoms with E-state index in [1.165, 1.54) is 13.3 Å². The maximum Gasteiger partial charge on any atom is 0.244 e. The van der Waals surface area contributed by atoms with Crippen molar-refractivity contribution in [2.24, 2.45) is 5.10 Å². The Hall–Kier alpha value is -3.02. The van der Waals surface area contributed by atoms with Crippen LogP contribution in [0.15, 0.2) is 47.6 Å². The molecule has 0 aliphatic heterocycles. The van der Waals surface area contributed by atoms with E-state index in [0.717, 1.165) is 11.3 Å². The molecule has 2 aromatic rings. The van der Waals surface area contributed by atoms with Crippen LogP contribution in [-0.2, 0) is 11.2 Å². The first-order valence-corrected chi connectivity index (χ1v) is 6.95. The number of methoxy groups -OCH3 is 2. The number of nitrogens with zero attached hydrogens (tertiary/aromatic N) is 1. The molecule has 0 saturated heterocycles. The number of ether oxygens (including phenoxy) is 2. The lowest BCUT2D eigenvalue weighted by molar-refractivity contribution is -0.120. The van der Waals surface area contributed by atoms with Crippen molar-refractivity contribution < 1.29 is 19.4 Å². The van der Waals surface area contributed by atoms with E-state index in [2.05, 4.69) is 10.5 Å². The second-order valence-electron chi connectivity index (χ2n) is 4.72. The second-order valence-corrected chi connectivity index (χ2v) is 4.72. The van der Waals surface area contributed by atoms with Crippen molar-refractivity contribution in [3.8, 4) is 17.2 Å². The summed E-state index contributed by atoms with van der Waals surface area (Å²) in [4.78, 5) is 11.8. The predicted octanol–water partition coefficient (Wildman–Crippen LogP) is 2.10. The van der Waals surface area contributed by atoms with E-state index < -0.39 is 0 Å². The van der Waals surface area contributed by atoms with Crippen LogP contribution >= 0.6 is 0 Å².